The molecule has 1 saturated heterocycles. The lowest BCUT2D eigenvalue weighted by molar-refractivity contribution is 1.09. The Balaban J connectivity index is 2.41. The fraction of sp³-hybridized carbons (Fsp3) is 0.182. The Morgan fingerprint density at radius 2 is 2.07 bits per heavy atom. The average molecular weight is 186 g/mol. The molecule has 0 amide bonds. The number of aromatic nitrogens is 1. The standard InChI is InChI=1S/C11H10N2O/c14-11-9-3-1-2-8(10-6-13-10)7(9)4-5-12-11/h1-5,10,13H,6H2,(H,12,14). The van der Waals surface area contributed by atoms with Crippen molar-refractivity contribution < 1.29 is 0 Å². The van der Waals surface area contributed by atoms with Crippen molar-refractivity contribution in [3.8, 4) is 0 Å². The fourth-order valence-corrected chi connectivity index (χ4v) is 1.83. The zero-order valence-corrected chi connectivity index (χ0v) is 7.58. The predicted octanol–water partition coefficient (Wildman–Crippen LogP) is 1.17. The molecule has 0 radical (unpaired) electrons. The van der Waals surface area contributed by atoms with E-state index in [1.54, 1.807) is 6.20 Å². The second kappa shape index (κ2) is 2.69. The van der Waals surface area contributed by atoms with Gasteiger partial charge in [0.25, 0.3) is 5.56 Å². The van der Waals surface area contributed by atoms with Crippen LogP contribution in [-0.4, -0.2) is 11.5 Å². The Morgan fingerprint density at radius 3 is 2.86 bits per heavy atom. The second-order valence-corrected chi connectivity index (χ2v) is 3.58. The highest BCUT2D eigenvalue weighted by atomic mass is 16.1. The Labute approximate surface area is 80.8 Å². The highest BCUT2D eigenvalue weighted by Crippen LogP contribution is 2.27. The summed E-state index contributed by atoms with van der Waals surface area (Å²) in [4.78, 5) is 14.2. The molecule has 0 saturated carbocycles. The molecule has 1 atom stereocenters. The van der Waals surface area contributed by atoms with Crippen LogP contribution in [0.3, 0.4) is 0 Å². The minimum Gasteiger partial charge on any atom is -0.329 e. The van der Waals surface area contributed by atoms with Gasteiger partial charge in [0, 0.05) is 24.2 Å². The van der Waals surface area contributed by atoms with Crippen molar-refractivity contribution in [2.24, 2.45) is 0 Å². The number of aromatic amines is 1. The minimum atomic E-state index is -0.00926. The van der Waals surface area contributed by atoms with Gasteiger partial charge in [0.1, 0.15) is 0 Å². The molecular formula is C11H10N2O. The summed E-state index contributed by atoms with van der Waals surface area (Å²) in [5.41, 5.74) is 1.22. The van der Waals surface area contributed by atoms with Crippen LogP contribution in [-0.2, 0) is 0 Å². The summed E-state index contributed by atoms with van der Waals surface area (Å²) < 4.78 is 0. The normalized spacial score (nSPS) is 19.9. The maximum absolute atomic E-state index is 11.5. The Hall–Kier alpha value is -1.61. The van der Waals surface area contributed by atoms with Crippen molar-refractivity contribution in [2.75, 3.05) is 6.54 Å². The minimum absolute atomic E-state index is 0.00926. The summed E-state index contributed by atoms with van der Waals surface area (Å²) in [5, 5.41) is 5.09. The first-order valence-corrected chi connectivity index (χ1v) is 4.70. The summed E-state index contributed by atoms with van der Waals surface area (Å²) in [7, 11) is 0. The molecular weight excluding hydrogens is 176 g/mol. The van der Waals surface area contributed by atoms with Crippen LogP contribution in [0, 0.1) is 0 Å². The number of rotatable bonds is 1. The molecule has 2 aromatic rings. The largest absolute Gasteiger partial charge is 0.329 e. The van der Waals surface area contributed by atoms with Crippen molar-refractivity contribution in [3.05, 3.63) is 46.4 Å². The third kappa shape index (κ3) is 1.06. The van der Waals surface area contributed by atoms with Gasteiger partial charge in [-0.2, -0.15) is 0 Å². The SMILES string of the molecule is O=c1[nH]ccc2c(C3CN3)cccc12. The van der Waals surface area contributed by atoms with Gasteiger partial charge in [-0.3, -0.25) is 4.79 Å². The quantitative estimate of drug-likeness (QED) is 0.657. The summed E-state index contributed by atoms with van der Waals surface area (Å²) in [6.07, 6.45) is 1.70. The van der Waals surface area contributed by atoms with Crippen molar-refractivity contribution >= 4 is 10.8 Å². The lowest BCUT2D eigenvalue weighted by Crippen LogP contribution is -2.05. The molecule has 0 spiro atoms. The van der Waals surface area contributed by atoms with Crippen LogP contribution >= 0.6 is 0 Å². The van der Waals surface area contributed by atoms with Crippen LogP contribution in [0.15, 0.2) is 35.3 Å². The maximum Gasteiger partial charge on any atom is 0.255 e. The van der Waals surface area contributed by atoms with Crippen molar-refractivity contribution in [1.82, 2.24) is 10.3 Å². The second-order valence-electron chi connectivity index (χ2n) is 3.58. The van der Waals surface area contributed by atoms with Crippen molar-refractivity contribution in [2.45, 2.75) is 6.04 Å². The first-order valence-electron chi connectivity index (χ1n) is 4.70. The molecule has 70 valence electrons. The Kier molecular flexibility index (Phi) is 1.49. The van der Waals surface area contributed by atoms with Gasteiger partial charge < -0.3 is 10.3 Å². The first kappa shape index (κ1) is 7.76. The van der Waals surface area contributed by atoms with E-state index in [0.717, 1.165) is 17.3 Å². The molecule has 14 heavy (non-hydrogen) atoms. The fourth-order valence-electron chi connectivity index (χ4n) is 1.83. The average Bonchev–Trinajstić information content (AvgIpc) is 3.01. The number of nitrogens with one attached hydrogen (secondary N) is 2. The monoisotopic (exact) mass is 186 g/mol. The molecule has 2 heterocycles. The lowest BCUT2D eigenvalue weighted by Gasteiger charge is -2.02. The molecule has 1 aromatic carbocycles. The summed E-state index contributed by atoms with van der Waals surface area (Å²) in [6, 6.07) is 8.28. The summed E-state index contributed by atoms with van der Waals surface area (Å²) in [5.74, 6) is 0. The van der Waals surface area contributed by atoms with Crippen molar-refractivity contribution in [1.29, 1.82) is 0 Å². The molecule has 1 aromatic heterocycles. The van der Waals surface area contributed by atoms with Gasteiger partial charge in [0.2, 0.25) is 0 Å². The van der Waals surface area contributed by atoms with Gasteiger partial charge >= 0.3 is 0 Å². The summed E-state index contributed by atoms with van der Waals surface area (Å²) >= 11 is 0. The van der Waals surface area contributed by atoms with Gasteiger partial charge in [0.15, 0.2) is 0 Å². The van der Waals surface area contributed by atoms with E-state index in [-0.39, 0.29) is 5.56 Å². The predicted molar refractivity (Wildman–Crippen MR) is 55.3 cm³/mol. The van der Waals surface area contributed by atoms with E-state index >= 15 is 0 Å². The number of pyridine rings is 1. The third-order valence-electron chi connectivity index (χ3n) is 2.63. The number of H-pyrrole nitrogens is 1. The van der Waals surface area contributed by atoms with E-state index in [4.69, 9.17) is 0 Å². The summed E-state index contributed by atoms with van der Waals surface area (Å²) in [6.45, 7) is 1.02. The third-order valence-corrected chi connectivity index (χ3v) is 2.63. The van der Waals surface area contributed by atoms with E-state index in [0.29, 0.717) is 6.04 Å². The van der Waals surface area contributed by atoms with Crippen LogP contribution in [0.4, 0.5) is 0 Å². The van der Waals surface area contributed by atoms with Gasteiger partial charge in [-0.1, -0.05) is 12.1 Å². The van der Waals surface area contributed by atoms with E-state index in [1.165, 1.54) is 5.56 Å². The van der Waals surface area contributed by atoms with E-state index in [2.05, 4.69) is 16.4 Å². The van der Waals surface area contributed by atoms with Gasteiger partial charge in [0.05, 0.1) is 0 Å². The molecule has 1 fully saturated rings. The molecule has 2 N–H and O–H groups in total. The molecule has 0 bridgehead atoms. The van der Waals surface area contributed by atoms with Crippen LogP contribution in [0.25, 0.3) is 10.8 Å². The Morgan fingerprint density at radius 1 is 1.21 bits per heavy atom. The maximum atomic E-state index is 11.5. The number of hydrogen-bond acceptors (Lipinski definition) is 2. The zero-order valence-electron chi connectivity index (χ0n) is 7.58. The van der Waals surface area contributed by atoms with Gasteiger partial charge in [-0.15, -0.1) is 0 Å². The molecule has 1 unspecified atom stereocenters. The molecule has 3 rings (SSSR count). The van der Waals surface area contributed by atoms with Gasteiger partial charge in [-0.25, -0.2) is 0 Å². The molecule has 3 nitrogen and oxygen atoms in total. The van der Waals surface area contributed by atoms with Crippen LogP contribution in [0.1, 0.15) is 11.6 Å². The topological polar surface area (TPSA) is 54.8 Å². The first-order chi connectivity index (χ1) is 6.86. The molecule has 0 aliphatic carbocycles. The Bertz CT molecular complexity index is 540. The number of benzene rings is 1. The van der Waals surface area contributed by atoms with E-state index in [9.17, 15) is 4.79 Å². The van der Waals surface area contributed by atoms with Crippen molar-refractivity contribution in [3.63, 3.8) is 0 Å². The highest BCUT2D eigenvalue weighted by molar-refractivity contribution is 5.85. The van der Waals surface area contributed by atoms with E-state index < -0.39 is 0 Å². The van der Waals surface area contributed by atoms with Crippen LogP contribution in [0.5, 0.6) is 0 Å². The number of hydrogen-bond donors (Lipinski definition) is 2. The molecule has 1 aliphatic rings. The van der Waals surface area contributed by atoms with Crippen LogP contribution in [0.2, 0.25) is 0 Å². The van der Waals surface area contributed by atoms with E-state index in [1.807, 2.05) is 18.2 Å². The van der Waals surface area contributed by atoms with Gasteiger partial charge in [-0.05, 0) is 23.1 Å². The zero-order chi connectivity index (χ0) is 9.54. The molecule has 1 aliphatic heterocycles. The number of fused-ring (bicyclic) bond motifs is 1. The molecule has 3 heteroatoms. The van der Waals surface area contributed by atoms with Crippen LogP contribution < -0.4 is 10.9 Å². The lowest BCUT2D eigenvalue weighted by atomic mass is 10.0. The highest BCUT2D eigenvalue weighted by Gasteiger charge is 2.23. The smallest absolute Gasteiger partial charge is 0.255 e.